The van der Waals surface area contributed by atoms with E-state index >= 15 is 0 Å². The number of carbonyl (C=O) groups is 2. The second kappa shape index (κ2) is 5.24. The first-order valence-corrected chi connectivity index (χ1v) is 0.952. The summed E-state index contributed by atoms with van der Waals surface area (Å²) >= 11 is 0. The van der Waals surface area contributed by atoms with Crippen molar-refractivity contribution in [3.8, 4) is 0 Å². The van der Waals surface area contributed by atoms with Gasteiger partial charge in [-0.3, -0.25) is 4.79 Å². The van der Waals surface area contributed by atoms with Gasteiger partial charge in [-0.1, -0.05) is 0 Å². The van der Waals surface area contributed by atoms with Crippen molar-refractivity contribution in [2.45, 2.75) is 0 Å². The number of hydrogen-bond donors (Lipinski definition) is 1. The molecule has 0 aliphatic rings. The van der Waals surface area contributed by atoms with Crippen LogP contribution in [0.1, 0.15) is 0 Å². The van der Waals surface area contributed by atoms with Crippen LogP contribution >= 0.6 is 0 Å². The first kappa shape index (κ1) is 9.53. The molecule has 0 amide bonds. The number of carboxylic acids is 1. The Kier molecular flexibility index (Phi) is 8.33. The van der Waals surface area contributed by atoms with Gasteiger partial charge in [-0.25, -0.2) is 4.79 Å². The van der Waals surface area contributed by atoms with Crippen molar-refractivity contribution < 1.29 is 47.4 Å². The summed E-state index contributed by atoms with van der Waals surface area (Å²) in [5.41, 5.74) is 0. The Morgan fingerprint density at radius 1 is 1.67 bits per heavy atom. The summed E-state index contributed by atoms with van der Waals surface area (Å²) in [6, 6.07) is 0. The van der Waals surface area contributed by atoms with E-state index < -0.39 is 5.97 Å². The number of aldehydes is 1. The van der Waals surface area contributed by atoms with Gasteiger partial charge in [-0.2, -0.15) is 0 Å². The van der Waals surface area contributed by atoms with Gasteiger partial charge < -0.3 is 5.11 Å². The van der Waals surface area contributed by atoms with Crippen molar-refractivity contribution in [3.05, 3.63) is 0 Å². The van der Waals surface area contributed by atoms with E-state index in [0.29, 0.717) is 0 Å². The Morgan fingerprint density at radius 3 is 1.83 bits per heavy atom. The molecule has 0 aliphatic heterocycles. The summed E-state index contributed by atoms with van der Waals surface area (Å²) in [5, 5.41) is 7.35. The molecule has 3 nitrogen and oxygen atoms in total. The minimum atomic E-state index is -1.43. The molecule has 0 aromatic carbocycles. The Labute approximate surface area is 59.6 Å². The molecule has 1 radical (unpaired) electrons. The summed E-state index contributed by atoms with van der Waals surface area (Å²) in [7, 11) is 0. The standard InChI is InChI=1S/C2H2O3.Y/c3-1-2(4)5;/h1H,(H,4,5);. The van der Waals surface area contributed by atoms with Crippen LogP contribution in [0.3, 0.4) is 0 Å². The summed E-state index contributed by atoms with van der Waals surface area (Å²) in [6.07, 6.45) is -0.167. The van der Waals surface area contributed by atoms with Gasteiger partial charge in [-0.05, 0) is 0 Å². The van der Waals surface area contributed by atoms with Crippen molar-refractivity contribution in [3.63, 3.8) is 0 Å². The van der Waals surface area contributed by atoms with Crippen LogP contribution in [0.5, 0.6) is 0 Å². The summed E-state index contributed by atoms with van der Waals surface area (Å²) in [6.45, 7) is 0. The van der Waals surface area contributed by atoms with Gasteiger partial charge in [0.25, 0.3) is 0 Å². The predicted molar refractivity (Wildman–Crippen MR) is 13.7 cm³/mol. The molecule has 0 unspecified atom stereocenters. The third-order valence-corrected chi connectivity index (χ3v) is 0.101. The quantitative estimate of drug-likeness (QED) is 0.409. The maximum atomic E-state index is 9.00. The van der Waals surface area contributed by atoms with E-state index in [-0.39, 0.29) is 39.0 Å². The Balaban J connectivity index is 0. The van der Waals surface area contributed by atoms with Gasteiger partial charge in [0, 0.05) is 32.7 Å². The Bertz CT molecular complexity index is 59.8. The maximum absolute atomic E-state index is 9.00. The Morgan fingerprint density at radius 2 is 1.83 bits per heavy atom. The molecule has 0 heterocycles. The zero-order valence-corrected chi connectivity index (χ0v) is 5.76. The van der Waals surface area contributed by atoms with Crippen molar-refractivity contribution in [1.29, 1.82) is 0 Å². The minimum absolute atomic E-state index is 0. The van der Waals surface area contributed by atoms with E-state index in [4.69, 9.17) is 14.7 Å². The molecule has 0 spiro atoms. The molecule has 0 saturated heterocycles. The Hall–Kier alpha value is 0.244. The molecule has 1 N–H and O–H groups in total. The summed E-state index contributed by atoms with van der Waals surface area (Å²) in [4.78, 5) is 17.9. The maximum Gasteiger partial charge on any atom is 0.368 e. The van der Waals surface area contributed by atoms with Crippen LogP contribution in [0.2, 0.25) is 0 Å². The molecule has 31 valence electrons. The second-order valence-electron chi connectivity index (χ2n) is 0.456. The molecule has 0 atom stereocenters. The third-order valence-electron chi connectivity index (χ3n) is 0.101. The first-order valence-electron chi connectivity index (χ1n) is 0.952. The van der Waals surface area contributed by atoms with Crippen molar-refractivity contribution >= 4 is 12.3 Å². The van der Waals surface area contributed by atoms with Crippen LogP contribution in [-0.4, -0.2) is 17.4 Å². The molecule has 0 aromatic rings. The smallest absolute Gasteiger partial charge is 0.368 e. The van der Waals surface area contributed by atoms with E-state index in [1.165, 1.54) is 0 Å². The zero-order valence-electron chi connectivity index (χ0n) is 2.92. The fourth-order valence-electron chi connectivity index (χ4n) is 0. The number of carbonyl (C=O) groups excluding carboxylic acids is 1. The number of carboxylic acid groups (broad SMARTS) is 1. The van der Waals surface area contributed by atoms with E-state index in [0.717, 1.165) is 0 Å². The van der Waals surface area contributed by atoms with E-state index in [2.05, 4.69) is 0 Å². The molecule has 4 heteroatoms. The van der Waals surface area contributed by atoms with Crippen molar-refractivity contribution in [2.75, 3.05) is 0 Å². The molecular formula is C2H2O3Y. The van der Waals surface area contributed by atoms with Gasteiger partial charge in [0.1, 0.15) is 0 Å². The van der Waals surface area contributed by atoms with E-state index in [1.807, 2.05) is 0 Å². The molecule has 6 heavy (non-hydrogen) atoms. The van der Waals surface area contributed by atoms with Gasteiger partial charge in [-0.15, -0.1) is 0 Å². The fraction of sp³-hybridized carbons (Fsp3) is 0. The molecule has 0 rings (SSSR count). The van der Waals surface area contributed by atoms with Crippen molar-refractivity contribution in [2.24, 2.45) is 0 Å². The molecule has 0 bridgehead atoms. The van der Waals surface area contributed by atoms with Crippen LogP contribution in [-0.2, 0) is 42.3 Å². The van der Waals surface area contributed by atoms with Gasteiger partial charge in [0.15, 0.2) is 0 Å². The molecule has 0 aliphatic carbocycles. The third kappa shape index (κ3) is 8.87. The second-order valence-corrected chi connectivity index (χ2v) is 0.456. The molecule has 0 fully saturated rings. The summed E-state index contributed by atoms with van der Waals surface area (Å²) < 4.78 is 0. The van der Waals surface area contributed by atoms with Gasteiger partial charge >= 0.3 is 5.97 Å². The monoisotopic (exact) mass is 163 g/mol. The number of rotatable bonds is 1. The van der Waals surface area contributed by atoms with Crippen molar-refractivity contribution in [1.82, 2.24) is 0 Å². The van der Waals surface area contributed by atoms with E-state index in [1.54, 1.807) is 0 Å². The molecule has 0 aromatic heterocycles. The molecule has 0 saturated carbocycles. The largest absolute Gasteiger partial charge is 0.476 e. The SMILES string of the molecule is O=CC(=O)O.[Y]. The van der Waals surface area contributed by atoms with Crippen LogP contribution in [0.25, 0.3) is 0 Å². The van der Waals surface area contributed by atoms with Gasteiger partial charge in [0.05, 0.1) is 0 Å². The van der Waals surface area contributed by atoms with Crippen LogP contribution < -0.4 is 0 Å². The fourth-order valence-corrected chi connectivity index (χ4v) is 0. The minimum Gasteiger partial charge on any atom is -0.476 e. The van der Waals surface area contributed by atoms with Gasteiger partial charge in [0.2, 0.25) is 6.29 Å². The van der Waals surface area contributed by atoms with Crippen LogP contribution in [0.4, 0.5) is 0 Å². The van der Waals surface area contributed by atoms with Crippen LogP contribution in [0.15, 0.2) is 0 Å². The van der Waals surface area contributed by atoms with Crippen LogP contribution in [0, 0.1) is 0 Å². The average Bonchev–Trinajstić information content (AvgIpc) is 1.38. The topological polar surface area (TPSA) is 54.4 Å². The average molecular weight is 163 g/mol. The number of aliphatic carboxylic acids is 1. The first-order chi connectivity index (χ1) is 2.27. The zero-order chi connectivity index (χ0) is 4.28. The van der Waals surface area contributed by atoms with E-state index in [9.17, 15) is 0 Å². The predicted octanol–water partition coefficient (Wildman–Crippen LogP) is -0.733. The number of hydrogen-bond acceptors (Lipinski definition) is 2. The molecular weight excluding hydrogens is 161 g/mol. The summed E-state index contributed by atoms with van der Waals surface area (Å²) in [5.74, 6) is -1.43. The normalized spacial score (nSPS) is 5.33.